The fourth-order valence-corrected chi connectivity index (χ4v) is 3.04. The summed E-state index contributed by atoms with van der Waals surface area (Å²) < 4.78 is 20.9. The molecule has 0 aliphatic carbocycles. The first-order chi connectivity index (χ1) is 17.0. The van der Waals surface area contributed by atoms with E-state index >= 15 is 0 Å². The maximum Gasteiger partial charge on any atom is 0.338 e. The lowest BCUT2D eigenvalue weighted by Gasteiger charge is -2.10. The van der Waals surface area contributed by atoms with Gasteiger partial charge in [0.05, 0.1) is 19.8 Å². The lowest BCUT2D eigenvalue weighted by molar-refractivity contribution is -0.124. The lowest BCUT2D eigenvalue weighted by atomic mass is 10.2. The molecule has 2 amide bonds. The maximum absolute atomic E-state index is 12.2. The van der Waals surface area contributed by atoms with Gasteiger partial charge in [-0.2, -0.15) is 0 Å². The van der Waals surface area contributed by atoms with Crippen LogP contribution >= 0.6 is 0 Å². The highest BCUT2D eigenvalue weighted by Gasteiger charge is 2.12. The Morgan fingerprint density at radius 1 is 0.771 bits per heavy atom. The van der Waals surface area contributed by atoms with E-state index in [0.717, 1.165) is 5.56 Å². The maximum atomic E-state index is 12.2. The Morgan fingerprint density at radius 3 is 2.29 bits per heavy atom. The van der Waals surface area contributed by atoms with Gasteiger partial charge in [-0.25, -0.2) is 4.79 Å². The number of rotatable bonds is 11. The van der Waals surface area contributed by atoms with Crippen LogP contribution in [0.4, 0.5) is 5.69 Å². The van der Waals surface area contributed by atoms with Gasteiger partial charge in [0.15, 0.2) is 13.2 Å². The van der Waals surface area contributed by atoms with Gasteiger partial charge in [0.1, 0.15) is 17.2 Å². The molecule has 35 heavy (non-hydrogen) atoms. The van der Waals surface area contributed by atoms with Gasteiger partial charge in [-0.15, -0.1) is 0 Å². The van der Waals surface area contributed by atoms with Crippen molar-refractivity contribution in [1.82, 2.24) is 5.32 Å². The molecule has 0 bridgehead atoms. The molecule has 0 heterocycles. The zero-order valence-electron chi connectivity index (χ0n) is 19.4. The van der Waals surface area contributed by atoms with Gasteiger partial charge in [0.25, 0.3) is 11.8 Å². The van der Waals surface area contributed by atoms with Crippen molar-refractivity contribution in [3.63, 3.8) is 0 Å². The number of anilines is 1. The summed E-state index contributed by atoms with van der Waals surface area (Å²) in [6.07, 6.45) is 0. The first-order valence-electron chi connectivity index (χ1n) is 10.7. The first-order valence-corrected chi connectivity index (χ1v) is 10.7. The molecule has 0 spiro atoms. The molecule has 0 saturated heterocycles. The van der Waals surface area contributed by atoms with E-state index in [2.05, 4.69) is 10.6 Å². The highest BCUT2D eigenvalue weighted by molar-refractivity contribution is 5.92. The van der Waals surface area contributed by atoms with E-state index in [4.69, 9.17) is 18.9 Å². The van der Waals surface area contributed by atoms with Crippen molar-refractivity contribution in [3.8, 4) is 17.2 Å². The smallest absolute Gasteiger partial charge is 0.338 e. The van der Waals surface area contributed by atoms with Crippen LogP contribution in [0.15, 0.2) is 72.8 Å². The number of hydrogen-bond acceptors (Lipinski definition) is 7. The van der Waals surface area contributed by atoms with E-state index in [1.54, 1.807) is 44.6 Å². The second-order valence-electron chi connectivity index (χ2n) is 7.26. The van der Waals surface area contributed by atoms with E-state index in [-0.39, 0.29) is 24.6 Å². The topological polar surface area (TPSA) is 112 Å². The van der Waals surface area contributed by atoms with E-state index in [1.807, 2.05) is 18.2 Å². The Labute approximate surface area is 203 Å². The Balaban J connectivity index is 1.41. The number of esters is 1. The Morgan fingerprint density at radius 2 is 1.54 bits per heavy atom. The molecule has 0 fully saturated rings. The van der Waals surface area contributed by atoms with Gasteiger partial charge in [-0.1, -0.05) is 24.3 Å². The molecule has 9 heteroatoms. The molecule has 3 aromatic carbocycles. The summed E-state index contributed by atoms with van der Waals surface area (Å²) in [6.45, 7) is -0.387. The van der Waals surface area contributed by atoms with Crippen molar-refractivity contribution in [1.29, 1.82) is 0 Å². The zero-order valence-corrected chi connectivity index (χ0v) is 19.4. The van der Waals surface area contributed by atoms with E-state index < -0.39 is 18.5 Å². The number of ether oxygens (including phenoxy) is 4. The van der Waals surface area contributed by atoms with Crippen LogP contribution in [-0.4, -0.2) is 45.2 Å². The minimum Gasteiger partial charge on any atom is -0.497 e. The molecular formula is C26H26N2O7. The van der Waals surface area contributed by atoms with Gasteiger partial charge >= 0.3 is 5.97 Å². The number of methoxy groups -OCH3 is 2. The summed E-state index contributed by atoms with van der Waals surface area (Å²) in [6, 6.07) is 20.3. The van der Waals surface area contributed by atoms with Crippen molar-refractivity contribution >= 4 is 23.5 Å². The second-order valence-corrected chi connectivity index (χ2v) is 7.26. The summed E-state index contributed by atoms with van der Waals surface area (Å²) in [4.78, 5) is 36.3. The predicted molar refractivity (Wildman–Crippen MR) is 129 cm³/mol. The number of para-hydroxylation sites is 1. The Bertz CT molecular complexity index is 1160. The molecular weight excluding hydrogens is 452 g/mol. The number of nitrogens with one attached hydrogen (secondary N) is 2. The highest BCUT2D eigenvalue weighted by Crippen LogP contribution is 2.18. The summed E-state index contributed by atoms with van der Waals surface area (Å²) >= 11 is 0. The first kappa shape index (κ1) is 25.1. The van der Waals surface area contributed by atoms with E-state index in [1.165, 1.54) is 24.3 Å². The van der Waals surface area contributed by atoms with Crippen LogP contribution in [0.2, 0.25) is 0 Å². The molecule has 9 nitrogen and oxygen atoms in total. The fraction of sp³-hybridized carbons (Fsp3) is 0.192. The third-order valence-electron chi connectivity index (χ3n) is 4.82. The SMILES string of the molecule is COc1cccc(NC(=O)COc2ccc(C(=O)OCC(=O)NCc3ccccc3OC)cc2)c1. The van der Waals surface area contributed by atoms with E-state index in [0.29, 0.717) is 22.9 Å². The second kappa shape index (κ2) is 12.6. The minimum absolute atomic E-state index is 0.215. The van der Waals surface area contributed by atoms with Crippen LogP contribution in [0, 0.1) is 0 Å². The third-order valence-corrected chi connectivity index (χ3v) is 4.82. The number of benzene rings is 3. The molecule has 3 rings (SSSR count). The molecule has 0 aliphatic heterocycles. The van der Waals surface area contributed by atoms with Gasteiger partial charge in [0, 0.05) is 23.9 Å². The summed E-state index contributed by atoms with van der Waals surface area (Å²) in [5.41, 5.74) is 1.64. The number of carbonyl (C=O) groups excluding carboxylic acids is 3. The molecule has 0 saturated carbocycles. The number of amides is 2. The van der Waals surface area contributed by atoms with Crippen LogP contribution in [0.5, 0.6) is 17.2 Å². The van der Waals surface area contributed by atoms with Gasteiger partial charge < -0.3 is 29.6 Å². The Hall–Kier alpha value is -4.53. The predicted octanol–water partition coefficient (Wildman–Crippen LogP) is 3.19. The van der Waals surface area contributed by atoms with Gasteiger partial charge in [0.2, 0.25) is 0 Å². The lowest BCUT2D eigenvalue weighted by Crippen LogP contribution is -2.28. The third kappa shape index (κ3) is 7.78. The standard InChI is InChI=1S/C26H26N2O7/c1-32-22-8-5-7-20(14-22)28-25(30)17-34-21-12-10-18(11-13-21)26(31)35-16-24(29)27-15-19-6-3-4-9-23(19)33-2/h3-14H,15-17H2,1-2H3,(H,27,29)(H,28,30). The van der Waals surface area contributed by atoms with Crippen molar-refractivity contribution < 1.29 is 33.3 Å². The van der Waals surface area contributed by atoms with Crippen molar-refractivity contribution in [2.45, 2.75) is 6.54 Å². The van der Waals surface area contributed by atoms with Crippen LogP contribution < -0.4 is 24.8 Å². The number of carbonyl (C=O) groups is 3. The quantitative estimate of drug-likeness (QED) is 0.407. The average molecular weight is 479 g/mol. The zero-order chi connectivity index (χ0) is 25.0. The molecule has 3 aromatic rings. The Kier molecular flexibility index (Phi) is 9.07. The molecule has 0 aliphatic rings. The normalized spacial score (nSPS) is 10.1. The highest BCUT2D eigenvalue weighted by atomic mass is 16.5. The van der Waals surface area contributed by atoms with Crippen molar-refractivity contribution in [3.05, 3.63) is 83.9 Å². The van der Waals surface area contributed by atoms with Crippen LogP contribution in [-0.2, 0) is 20.9 Å². The molecule has 0 atom stereocenters. The molecule has 0 aromatic heterocycles. The summed E-state index contributed by atoms with van der Waals surface area (Å²) in [5.74, 6) is 0.244. The van der Waals surface area contributed by atoms with E-state index in [9.17, 15) is 14.4 Å². The fourth-order valence-electron chi connectivity index (χ4n) is 3.04. The largest absolute Gasteiger partial charge is 0.497 e. The average Bonchev–Trinajstić information content (AvgIpc) is 2.89. The summed E-state index contributed by atoms with van der Waals surface area (Å²) in [5, 5.41) is 5.39. The monoisotopic (exact) mass is 478 g/mol. The van der Waals surface area contributed by atoms with Crippen molar-refractivity contribution in [2.75, 3.05) is 32.8 Å². The van der Waals surface area contributed by atoms with Crippen molar-refractivity contribution in [2.24, 2.45) is 0 Å². The minimum atomic E-state index is -0.653. The molecule has 0 radical (unpaired) electrons. The summed E-state index contributed by atoms with van der Waals surface area (Å²) in [7, 11) is 3.10. The van der Waals surface area contributed by atoms with Gasteiger partial charge in [-0.05, 0) is 42.5 Å². The van der Waals surface area contributed by atoms with Gasteiger partial charge in [-0.3, -0.25) is 9.59 Å². The van der Waals surface area contributed by atoms with Crippen LogP contribution in [0.3, 0.4) is 0 Å². The van der Waals surface area contributed by atoms with Crippen LogP contribution in [0.1, 0.15) is 15.9 Å². The van der Waals surface area contributed by atoms with Crippen LogP contribution in [0.25, 0.3) is 0 Å². The molecule has 0 unspecified atom stereocenters. The number of hydrogen-bond donors (Lipinski definition) is 2. The molecule has 182 valence electrons. The molecule has 2 N–H and O–H groups in total.